The lowest BCUT2D eigenvalue weighted by atomic mass is 10.1. The zero-order valence-electron chi connectivity index (χ0n) is 10.8. The van der Waals surface area contributed by atoms with Gasteiger partial charge in [-0.25, -0.2) is 4.98 Å². The van der Waals surface area contributed by atoms with E-state index in [2.05, 4.69) is 10.1 Å². The molecular weight excluding hydrogens is 252 g/mol. The van der Waals surface area contributed by atoms with E-state index in [1.807, 2.05) is 30.1 Å². The Kier molecular flexibility index (Phi) is 3.73. The van der Waals surface area contributed by atoms with Crippen molar-refractivity contribution in [2.75, 3.05) is 0 Å². The van der Waals surface area contributed by atoms with Gasteiger partial charge < -0.3 is 9.67 Å². The van der Waals surface area contributed by atoms with E-state index in [4.69, 9.17) is 11.6 Å². The van der Waals surface area contributed by atoms with Gasteiger partial charge in [-0.1, -0.05) is 11.6 Å². The Labute approximate surface area is 111 Å². The van der Waals surface area contributed by atoms with Crippen molar-refractivity contribution in [3.8, 4) is 0 Å². The molecule has 5 nitrogen and oxygen atoms in total. The number of rotatable bonds is 4. The van der Waals surface area contributed by atoms with Crippen molar-refractivity contribution < 1.29 is 5.11 Å². The number of aromatic nitrogens is 4. The average Bonchev–Trinajstić information content (AvgIpc) is 2.88. The second kappa shape index (κ2) is 5.12. The molecule has 0 fully saturated rings. The lowest BCUT2D eigenvalue weighted by molar-refractivity contribution is 0.171. The third-order valence-electron chi connectivity index (χ3n) is 2.91. The quantitative estimate of drug-likeness (QED) is 0.921. The predicted octanol–water partition coefficient (Wildman–Crippen LogP) is 1.87. The summed E-state index contributed by atoms with van der Waals surface area (Å²) in [5.74, 6) is 0. The van der Waals surface area contributed by atoms with E-state index in [1.54, 1.807) is 12.5 Å². The molecule has 0 bridgehead atoms. The van der Waals surface area contributed by atoms with Crippen LogP contribution in [0.5, 0.6) is 0 Å². The van der Waals surface area contributed by atoms with Crippen LogP contribution in [0.2, 0.25) is 5.02 Å². The van der Waals surface area contributed by atoms with Crippen LogP contribution in [-0.4, -0.2) is 24.4 Å². The molecule has 0 saturated carbocycles. The summed E-state index contributed by atoms with van der Waals surface area (Å²) in [6.07, 6.45) is 3.23. The third-order valence-corrected chi connectivity index (χ3v) is 3.40. The van der Waals surface area contributed by atoms with E-state index >= 15 is 0 Å². The number of aryl methyl sites for hydroxylation is 3. The molecule has 98 valence electrons. The number of hydrogen-bond acceptors (Lipinski definition) is 3. The predicted molar refractivity (Wildman–Crippen MR) is 69.5 cm³/mol. The van der Waals surface area contributed by atoms with Gasteiger partial charge in [-0.3, -0.25) is 4.68 Å². The molecular formula is C12H17ClN4O. The van der Waals surface area contributed by atoms with Crippen LogP contribution in [0.4, 0.5) is 0 Å². The molecule has 2 rings (SSSR count). The number of halogens is 1. The monoisotopic (exact) mass is 268 g/mol. The van der Waals surface area contributed by atoms with Crippen molar-refractivity contribution in [3.63, 3.8) is 0 Å². The number of imidazole rings is 1. The summed E-state index contributed by atoms with van der Waals surface area (Å²) in [5.41, 5.74) is 2.30. The van der Waals surface area contributed by atoms with Crippen molar-refractivity contribution in [2.24, 2.45) is 7.05 Å². The number of hydrogen-bond donors (Lipinski definition) is 1. The lowest BCUT2D eigenvalue weighted by Crippen LogP contribution is -2.09. The van der Waals surface area contributed by atoms with Crippen LogP contribution < -0.4 is 0 Å². The van der Waals surface area contributed by atoms with Gasteiger partial charge in [0.05, 0.1) is 28.4 Å². The van der Waals surface area contributed by atoms with E-state index in [0.717, 1.165) is 17.9 Å². The largest absolute Gasteiger partial charge is 0.386 e. The summed E-state index contributed by atoms with van der Waals surface area (Å²) in [7, 11) is 1.87. The van der Waals surface area contributed by atoms with E-state index in [0.29, 0.717) is 17.1 Å². The lowest BCUT2D eigenvalue weighted by Gasteiger charge is -2.09. The fourth-order valence-electron chi connectivity index (χ4n) is 1.96. The topological polar surface area (TPSA) is 55.9 Å². The summed E-state index contributed by atoms with van der Waals surface area (Å²) in [6, 6.07) is 0. The SMILES string of the molecule is CCn1nc(C)c(Cl)c1CC(O)c1cn(C)cn1. The molecule has 2 aromatic rings. The first-order chi connectivity index (χ1) is 8.52. The third kappa shape index (κ3) is 2.42. The maximum atomic E-state index is 10.2. The van der Waals surface area contributed by atoms with Crippen molar-refractivity contribution in [1.29, 1.82) is 0 Å². The molecule has 1 atom stereocenters. The van der Waals surface area contributed by atoms with Gasteiger partial charge in [0.25, 0.3) is 0 Å². The van der Waals surface area contributed by atoms with Gasteiger partial charge in [0.15, 0.2) is 0 Å². The summed E-state index contributed by atoms with van der Waals surface area (Å²) in [5, 5.41) is 15.1. The van der Waals surface area contributed by atoms with E-state index < -0.39 is 6.10 Å². The molecule has 1 unspecified atom stereocenters. The Hall–Kier alpha value is -1.33. The average molecular weight is 269 g/mol. The Morgan fingerprint density at radius 2 is 2.22 bits per heavy atom. The number of aliphatic hydroxyl groups excluding tert-OH is 1. The minimum absolute atomic E-state index is 0.421. The van der Waals surface area contributed by atoms with Gasteiger partial charge in [-0.05, 0) is 13.8 Å². The first-order valence-corrected chi connectivity index (χ1v) is 6.28. The smallest absolute Gasteiger partial charge is 0.103 e. The fourth-order valence-corrected chi connectivity index (χ4v) is 2.17. The first kappa shape index (κ1) is 13.1. The van der Waals surface area contributed by atoms with E-state index in [-0.39, 0.29) is 0 Å². The molecule has 0 amide bonds. The highest BCUT2D eigenvalue weighted by Crippen LogP contribution is 2.25. The highest BCUT2D eigenvalue weighted by atomic mass is 35.5. The van der Waals surface area contributed by atoms with Gasteiger partial charge in [-0.2, -0.15) is 5.10 Å². The minimum Gasteiger partial charge on any atom is -0.386 e. The van der Waals surface area contributed by atoms with Crippen LogP contribution in [0, 0.1) is 6.92 Å². The normalized spacial score (nSPS) is 12.9. The van der Waals surface area contributed by atoms with E-state index in [1.165, 1.54) is 0 Å². The summed E-state index contributed by atoms with van der Waals surface area (Å²) in [6.45, 7) is 4.60. The Bertz CT molecular complexity index is 546. The van der Waals surface area contributed by atoms with Gasteiger partial charge in [-0.15, -0.1) is 0 Å². The maximum Gasteiger partial charge on any atom is 0.103 e. The highest BCUT2D eigenvalue weighted by Gasteiger charge is 2.18. The second-order valence-corrected chi connectivity index (χ2v) is 4.72. The van der Waals surface area contributed by atoms with Crippen LogP contribution in [0.25, 0.3) is 0 Å². The molecule has 0 aliphatic carbocycles. The fraction of sp³-hybridized carbons (Fsp3) is 0.500. The van der Waals surface area contributed by atoms with Gasteiger partial charge >= 0.3 is 0 Å². The van der Waals surface area contributed by atoms with Crippen LogP contribution in [0.3, 0.4) is 0 Å². The molecule has 0 aliphatic rings. The van der Waals surface area contributed by atoms with Crippen LogP contribution in [0.15, 0.2) is 12.5 Å². The van der Waals surface area contributed by atoms with E-state index in [9.17, 15) is 5.11 Å². The van der Waals surface area contributed by atoms with Crippen LogP contribution >= 0.6 is 11.6 Å². The van der Waals surface area contributed by atoms with Crippen molar-refractivity contribution in [2.45, 2.75) is 32.9 Å². The molecule has 0 saturated heterocycles. The minimum atomic E-state index is -0.662. The Morgan fingerprint density at radius 1 is 1.50 bits per heavy atom. The molecule has 2 heterocycles. The van der Waals surface area contributed by atoms with Gasteiger partial charge in [0, 0.05) is 26.2 Å². The van der Waals surface area contributed by atoms with Crippen LogP contribution in [0.1, 0.15) is 30.1 Å². The van der Waals surface area contributed by atoms with Crippen molar-refractivity contribution in [3.05, 3.63) is 34.6 Å². The second-order valence-electron chi connectivity index (χ2n) is 4.35. The molecule has 18 heavy (non-hydrogen) atoms. The molecule has 1 N–H and O–H groups in total. The van der Waals surface area contributed by atoms with Crippen molar-refractivity contribution >= 4 is 11.6 Å². The molecule has 0 radical (unpaired) electrons. The maximum absolute atomic E-state index is 10.2. The van der Waals surface area contributed by atoms with Gasteiger partial charge in [0.2, 0.25) is 0 Å². The van der Waals surface area contributed by atoms with Crippen molar-refractivity contribution in [1.82, 2.24) is 19.3 Å². The molecule has 0 spiro atoms. The molecule has 2 aromatic heterocycles. The summed E-state index contributed by atoms with van der Waals surface area (Å²) in [4.78, 5) is 4.14. The highest BCUT2D eigenvalue weighted by molar-refractivity contribution is 6.31. The molecule has 0 aliphatic heterocycles. The molecule has 6 heteroatoms. The number of aliphatic hydroxyl groups is 1. The van der Waals surface area contributed by atoms with Gasteiger partial charge in [0.1, 0.15) is 6.10 Å². The zero-order valence-corrected chi connectivity index (χ0v) is 11.5. The summed E-state index contributed by atoms with van der Waals surface area (Å²) < 4.78 is 3.63. The molecule has 0 aromatic carbocycles. The zero-order chi connectivity index (χ0) is 13.3. The standard InChI is InChI=1S/C12H17ClN4O/c1-4-17-10(12(13)8(2)15-17)5-11(18)9-6-16(3)7-14-9/h6-7,11,18H,4-5H2,1-3H3. The van der Waals surface area contributed by atoms with Crippen LogP contribution in [-0.2, 0) is 20.0 Å². The Balaban J connectivity index is 2.23. The Morgan fingerprint density at radius 3 is 2.78 bits per heavy atom. The summed E-state index contributed by atoms with van der Waals surface area (Å²) >= 11 is 6.21. The number of nitrogens with zero attached hydrogens (tertiary/aromatic N) is 4. The first-order valence-electron chi connectivity index (χ1n) is 5.90.